The molecule has 0 aliphatic carbocycles. The van der Waals surface area contributed by atoms with Gasteiger partial charge in [-0.1, -0.05) is 13.8 Å². The molecule has 0 aromatic carbocycles. The average Bonchev–Trinajstić information content (AvgIpc) is 1.81. The van der Waals surface area contributed by atoms with E-state index in [-0.39, 0.29) is 5.41 Å². The van der Waals surface area contributed by atoms with Crippen molar-refractivity contribution in [1.82, 2.24) is 4.90 Å². The lowest BCUT2D eigenvalue weighted by molar-refractivity contribution is 0.249. The zero-order valence-electron chi connectivity index (χ0n) is 8.89. The molecular formula is C9H21N3. The molecule has 0 saturated heterocycles. The van der Waals surface area contributed by atoms with Crippen LogP contribution in [0, 0.1) is 5.41 Å². The number of hydrogen-bond donors (Lipinski definition) is 1. The second-order valence-electron chi connectivity index (χ2n) is 4.36. The number of amidine groups is 1. The number of aliphatic imine (C=N–C) groups is 1. The maximum absolute atomic E-state index is 5.47. The summed E-state index contributed by atoms with van der Waals surface area (Å²) in [5.74, 6) is 0.668. The minimum atomic E-state index is 0.212. The number of nitrogens with zero attached hydrogens (tertiary/aromatic N) is 2. The van der Waals surface area contributed by atoms with E-state index in [4.69, 9.17) is 5.73 Å². The van der Waals surface area contributed by atoms with Gasteiger partial charge in [-0.15, -0.1) is 0 Å². The summed E-state index contributed by atoms with van der Waals surface area (Å²) < 4.78 is 0. The summed E-state index contributed by atoms with van der Waals surface area (Å²) in [6.45, 7) is 8.04. The molecule has 3 nitrogen and oxygen atoms in total. The summed E-state index contributed by atoms with van der Waals surface area (Å²) in [4.78, 5) is 6.39. The van der Waals surface area contributed by atoms with Gasteiger partial charge in [-0.05, 0) is 26.4 Å². The van der Waals surface area contributed by atoms with Gasteiger partial charge in [0, 0.05) is 13.1 Å². The molecule has 0 saturated carbocycles. The van der Waals surface area contributed by atoms with E-state index in [2.05, 4.69) is 37.8 Å². The van der Waals surface area contributed by atoms with Crippen LogP contribution in [0.3, 0.4) is 0 Å². The topological polar surface area (TPSA) is 41.6 Å². The van der Waals surface area contributed by atoms with Crippen molar-refractivity contribution in [3.05, 3.63) is 0 Å². The Morgan fingerprint density at radius 2 is 1.92 bits per heavy atom. The molecule has 12 heavy (non-hydrogen) atoms. The molecule has 0 unspecified atom stereocenters. The molecule has 0 bridgehead atoms. The Kier molecular flexibility index (Phi) is 4.24. The van der Waals surface area contributed by atoms with Crippen LogP contribution >= 0.6 is 0 Å². The zero-order chi connectivity index (χ0) is 9.78. The summed E-state index contributed by atoms with van der Waals surface area (Å²) in [7, 11) is 4.14. The highest BCUT2D eigenvalue weighted by Gasteiger charge is 2.17. The van der Waals surface area contributed by atoms with Gasteiger partial charge in [0.05, 0.1) is 5.84 Å². The van der Waals surface area contributed by atoms with Gasteiger partial charge in [-0.2, -0.15) is 0 Å². The van der Waals surface area contributed by atoms with E-state index in [0.717, 1.165) is 13.1 Å². The molecule has 0 aliphatic rings. The monoisotopic (exact) mass is 171 g/mol. The summed E-state index contributed by atoms with van der Waals surface area (Å²) in [5.41, 5.74) is 5.68. The van der Waals surface area contributed by atoms with Crippen LogP contribution in [0.15, 0.2) is 4.99 Å². The summed E-state index contributed by atoms with van der Waals surface area (Å²) >= 11 is 0. The third-order valence-corrected chi connectivity index (χ3v) is 1.50. The highest BCUT2D eigenvalue weighted by atomic mass is 15.1. The first kappa shape index (κ1) is 11.4. The fourth-order valence-corrected chi connectivity index (χ4v) is 1.24. The summed E-state index contributed by atoms with van der Waals surface area (Å²) in [6.07, 6.45) is 0. The zero-order valence-corrected chi connectivity index (χ0v) is 8.89. The van der Waals surface area contributed by atoms with Crippen LogP contribution in [-0.4, -0.2) is 37.9 Å². The van der Waals surface area contributed by atoms with Crippen LogP contribution in [0.1, 0.15) is 20.8 Å². The molecule has 0 aromatic heterocycles. The summed E-state index contributed by atoms with van der Waals surface area (Å²) in [6, 6.07) is 0. The maximum Gasteiger partial charge on any atom is 0.0905 e. The van der Waals surface area contributed by atoms with Crippen LogP contribution in [0.5, 0.6) is 0 Å². The third kappa shape index (κ3) is 6.16. The van der Waals surface area contributed by atoms with Gasteiger partial charge in [0.2, 0.25) is 0 Å². The Hall–Kier alpha value is -0.570. The molecule has 0 aliphatic heterocycles. The van der Waals surface area contributed by atoms with Gasteiger partial charge >= 0.3 is 0 Å². The molecule has 72 valence electrons. The van der Waals surface area contributed by atoms with Crippen molar-refractivity contribution in [2.24, 2.45) is 16.1 Å². The summed E-state index contributed by atoms with van der Waals surface area (Å²) in [5, 5.41) is 0. The van der Waals surface area contributed by atoms with Gasteiger partial charge < -0.3 is 10.6 Å². The fraction of sp³-hybridized carbons (Fsp3) is 0.889. The maximum atomic E-state index is 5.47. The second-order valence-corrected chi connectivity index (χ2v) is 4.36. The van der Waals surface area contributed by atoms with E-state index in [1.54, 1.807) is 0 Å². The van der Waals surface area contributed by atoms with Crippen LogP contribution < -0.4 is 5.73 Å². The molecular weight excluding hydrogens is 150 g/mol. The molecule has 0 spiro atoms. The molecule has 0 atom stereocenters. The van der Waals surface area contributed by atoms with Crippen LogP contribution in [0.2, 0.25) is 0 Å². The van der Waals surface area contributed by atoms with E-state index in [9.17, 15) is 0 Å². The predicted octanol–water partition coefficient (Wildman–Crippen LogP) is 0.951. The van der Waals surface area contributed by atoms with E-state index in [1.807, 2.05) is 6.92 Å². The molecule has 0 fully saturated rings. The molecule has 3 heteroatoms. The minimum absolute atomic E-state index is 0.212. The van der Waals surface area contributed by atoms with Crippen molar-refractivity contribution in [3.8, 4) is 0 Å². The van der Waals surface area contributed by atoms with E-state index >= 15 is 0 Å². The van der Waals surface area contributed by atoms with Gasteiger partial charge in [0.15, 0.2) is 0 Å². The normalized spacial score (nSPS) is 14.0. The minimum Gasteiger partial charge on any atom is -0.388 e. The standard InChI is InChI=1S/C9H21N3/c1-8(10)11-6-9(2,3)7-12(4)5/h6-7H2,1-5H3,(H2,10,11). The first-order valence-corrected chi connectivity index (χ1v) is 4.25. The third-order valence-electron chi connectivity index (χ3n) is 1.50. The number of nitrogens with two attached hydrogens (primary N) is 1. The molecule has 0 amide bonds. The first-order chi connectivity index (χ1) is 5.33. The lowest BCUT2D eigenvalue weighted by Gasteiger charge is -2.26. The van der Waals surface area contributed by atoms with E-state index < -0.39 is 0 Å². The van der Waals surface area contributed by atoms with Crippen LogP contribution in [0.25, 0.3) is 0 Å². The van der Waals surface area contributed by atoms with E-state index in [1.165, 1.54) is 0 Å². The van der Waals surface area contributed by atoms with Crippen molar-refractivity contribution < 1.29 is 0 Å². The predicted molar refractivity (Wildman–Crippen MR) is 54.5 cm³/mol. The smallest absolute Gasteiger partial charge is 0.0905 e. The quantitative estimate of drug-likeness (QED) is 0.505. The molecule has 0 rings (SSSR count). The van der Waals surface area contributed by atoms with Crippen molar-refractivity contribution in [3.63, 3.8) is 0 Å². The molecule has 0 radical (unpaired) electrons. The van der Waals surface area contributed by atoms with Crippen LogP contribution in [-0.2, 0) is 0 Å². The Morgan fingerprint density at radius 3 is 2.25 bits per heavy atom. The Labute approximate surface area is 75.7 Å². The lowest BCUT2D eigenvalue weighted by Crippen LogP contribution is -2.31. The van der Waals surface area contributed by atoms with Crippen molar-refractivity contribution in [2.75, 3.05) is 27.2 Å². The van der Waals surface area contributed by atoms with Crippen molar-refractivity contribution in [2.45, 2.75) is 20.8 Å². The molecule has 0 heterocycles. The van der Waals surface area contributed by atoms with Crippen LogP contribution in [0.4, 0.5) is 0 Å². The Morgan fingerprint density at radius 1 is 1.42 bits per heavy atom. The number of hydrogen-bond acceptors (Lipinski definition) is 2. The first-order valence-electron chi connectivity index (χ1n) is 4.25. The molecule has 0 aromatic rings. The van der Waals surface area contributed by atoms with Gasteiger partial charge in [0.1, 0.15) is 0 Å². The van der Waals surface area contributed by atoms with Gasteiger partial charge in [-0.25, -0.2) is 0 Å². The number of rotatable bonds is 4. The van der Waals surface area contributed by atoms with Crippen molar-refractivity contribution in [1.29, 1.82) is 0 Å². The van der Waals surface area contributed by atoms with Gasteiger partial charge in [0.25, 0.3) is 0 Å². The van der Waals surface area contributed by atoms with E-state index in [0.29, 0.717) is 5.84 Å². The largest absolute Gasteiger partial charge is 0.388 e. The lowest BCUT2D eigenvalue weighted by atomic mass is 9.93. The second kappa shape index (κ2) is 4.45. The Balaban J connectivity index is 3.95. The molecule has 2 N–H and O–H groups in total. The average molecular weight is 171 g/mol. The Bertz CT molecular complexity index is 155. The van der Waals surface area contributed by atoms with Gasteiger partial charge in [-0.3, -0.25) is 4.99 Å². The SMILES string of the molecule is CC(N)=NCC(C)(C)CN(C)C. The highest BCUT2D eigenvalue weighted by molar-refractivity contribution is 5.77. The highest BCUT2D eigenvalue weighted by Crippen LogP contribution is 2.15. The van der Waals surface area contributed by atoms with Crippen molar-refractivity contribution >= 4 is 5.84 Å². The fourth-order valence-electron chi connectivity index (χ4n) is 1.24.